The third-order valence-electron chi connectivity index (χ3n) is 5.30. The van der Waals surface area contributed by atoms with Crippen LogP contribution in [0.1, 0.15) is 28.0 Å². The van der Waals surface area contributed by atoms with Crippen molar-refractivity contribution in [1.29, 1.82) is 0 Å². The Morgan fingerprint density at radius 2 is 1.86 bits per heavy atom. The van der Waals surface area contributed by atoms with E-state index in [2.05, 4.69) is 20.3 Å². The smallest absolute Gasteiger partial charge is 0.269 e. The average Bonchev–Trinajstić information content (AvgIpc) is 2.90. The first-order chi connectivity index (χ1) is 17.0. The van der Waals surface area contributed by atoms with Crippen molar-refractivity contribution in [2.75, 3.05) is 27.3 Å². The Hall–Kier alpha value is -4.27. The number of benzene rings is 1. The molecule has 0 aliphatic carbocycles. The Bertz CT molecular complexity index is 1170. The van der Waals surface area contributed by atoms with Crippen molar-refractivity contribution in [3.8, 4) is 11.5 Å². The van der Waals surface area contributed by atoms with Gasteiger partial charge in [0.1, 0.15) is 11.5 Å². The molecule has 2 amide bonds. The quantitative estimate of drug-likeness (QED) is 0.259. The van der Waals surface area contributed by atoms with Crippen LogP contribution in [0.4, 0.5) is 5.82 Å². The van der Waals surface area contributed by atoms with Crippen LogP contribution in [0.25, 0.3) is 0 Å². The van der Waals surface area contributed by atoms with Gasteiger partial charge < -0.3 is 19.7 Å². The Balaban J connectivity index is 1.75. The van der Waals surface area contributed by atoms with Crippen LogP contribution in [0.3, 0.4) is 0 Å². The normalized spacial score (nSPS) is 11.0. The lowest BCUT2D eigenvalue weighted by molar-refractivity contribution is -0.114. The number of nitrogens with zero attached hydrogens (tertiary/aromatic N) is 4. The van der Waals surface area contributed by atoms with Gasteiger partial charge in [-0.15, -0.1) is 0 Å². The van der Waals surface area contributed by atoms with Crippen molar-refractivity contribution in [2.45, 2.75) is 19.8 Å². The number of hydrogen-bond donors (Lipinski definition) is 1. The number of rotatable bonds is 11. The maximum Gasteiger partial charge on any atom is 0.269 e. The summed E-state index contributed by atoms with van der Waals surface area (Å²) in [7, 11) is 3.17. The van der Waals surface area contributed by atoms with Gasteiger partial charge in [-0.25, -0.2) is 9.98 Å². The van der Waals surface area contributed by atoms with E-state index < -0.39 is 0 Å². The second kappa shape index (κ2) is 12.8. The molecule has 35 heavy (non-hydrogen) atoms. The fourth-order valence-electron chi connectivity index (χ4n) is 3.38. The van der Waals surface area contributed by atoms with E-state index in [0.29, 0.717) is 48.2 Å². The van der Waals surface area contributed by atoms with E-state index in [1.54, 1.807) is 44.8 Å². The van der Waals surface area contributed by atoms with Gasteiger partial charge in [-0.1, -0.05) is 18.2 Å². The molecule has 2 heterocycles. The SMILES string of the molecule is COc1ccc(CCN(C=O)/C(CCNC(=O)c2ccccn2)=N\c2ncccc2C)cc1OC. The van der Waals surface area contributed by atoms with Crippen LogP contribution in [0.2, 0.25) is 0 Å². The van der Waals surface area contributed by atoms with Gasteiger partial charge in [0.2, 0.25) is 6.41 Å². The summed E-state index contributed by atoms with van der Waals surface area (Å²) in [5, 5.41) is 2.83. The summed E-state index contributed by atoms with van der Waals surface area (Å²) >= 11 is 0. The molecule has 0 fully saturated rings. The molecule has 1 aromatic carbocycles. The van der Waals surface area contributed by atoms with Gasteiger partial charge >= 0.3 is 0 Å². The van der Waals surface area contributed by atoms with Crippen LogP contribution < -0.4 is 14.8 Å². The van der Waals surface area contributed by atoms with Gasteiger partial charge in [-0.3, -0.25) is 14.6 Å². The molecule has 9 heteroatoms. The summed E-state index contributed by atoms with van der Waals surface area (Å²) < 4.78 is 10.7. The van der Waals surface area contributed by atoms with E-state index in [4.69, 9.17) is 9.47 Å². The second-order valence-corrected chi connectivity index (χ2v) is 7.63. The number of amides is 2. The van der Waals surface area contributed by atoms with Crippen LogP contribution in [-0.4, -0.2) is 60.3 Å². The number of ether oxygens (including phenoxy) is 2. The van der Waals surface area contributed by atoms with E-state index in [9.17, 15) is 9.59 Å². The lowest BCUT2D eigenvalue weighted by Crippen LogP contribution is -2.35. The summed E-state index contributed by atoms with van der Waals surface area (Å²) in [4.78, 5) is 39.0. The highest BCUT2D eigenvalue weighted by molar-refractivity contribution is 5.94. The number of methoxy groups -OCH3 is 2. The Kier molecular flexibility index (Phi) is 9.30. The first-order valence-corrected chi connectivity index (χ1v) is 11.2. The van der Waals surface area contributed by atoms with Gasteiger partial charge in [-0.2, -0.15) is 0 Å². The van der Waals surface area contributed by atoms with E-state index in [-0.39, 0.29) is 12.5 Å². The van der Waals surface area contributed by atoms with Gasteiger partial charge in [0.25, 0.3) is 5.91 Å². The Labute approximate surface area is 204 Å². The summed E-state index contributed by atoms with van der Waals surface area (Å²) in [6.07, 6.45) is 4.87. The number of nitrogens with one attached hydrogen (secondary N) is 1. The third kappa shape index (κ3) is 7.10. The predicted octanol–water partition coefficient (Wildman–Crippen LogP) is 3.35. The number of aliphatic imine (C=N–C) groups is 1. The lowest BCUT2D eigenvalue weighted by Gasteiger charge is -2.20. The molecular formula is C26H29N5O4. The molecule has 3 rings (SSSR count). The fraction of sp³-hybridized carbons (Fsp3) is 0.269. The number of pyridine rings is 2. The molecule has 0 unspecified atom stereocenters. The molecule has 0 bridgehead atoms. The summed E-state index contributed by atoms with van der Waals surface area (Å²) in [6, 6.07) is 14.5. The highest BCUT2D eigenvalue weighted by atomic mass is 16.5. The van der Waals surface area contributed by atoms with E-state index >= 15 is 0 Å². The van der Waals surface area contributed by atoms with Crippen molar-refractivity contribution in [1.82, 2.24) is 20.2 Å². The molecule has 0 atom stereocenters. The van der Waals surface area contributed by atoms with Gasteiger partial charge in [-0.05, 0) is 54.8 Å². The zero-order valence-corrected chi connectivity index (χ0v) is 20.1. The monoisotopic (exact) mass is 475 g/mol. The maximum atomic E-state index is 12.4. The molecule has 1 N–H and O–H groups in total. The van der Waals surface area contributed by atoms with Crippen molar-refractivity contribution in [3.05, 3.63) is 77.7 Å². The topological polar surface area (TPSA) is 106 Å². The van der Waals surface area contributed by atoms with Crippen LogP contribution in [0.15, 0.2) is 65.9 Å². The van der Waals surface area contributed by atoms with Gasteiger partial charge in [0.15, 0.2) is 17.3 Å². The van der Waals surface area contributed by atoms with Crippen LogP contribution in [0, 0.1) is 6.92 Å². The zero-order chi connectivity index (χ0) is 25.0. The van der Waals surface area contributed by atoms with Crippen LogP contribution in [-0.2, 0) is 11.2 Å². The molecular weight excluding hydrogens is 446 g/mol. The molecule has 0 aliphatic heterocycles. The highest BCUT2D eigenvalue weighted by Gasteiger charge is 2.15. The number of aromatic nitrogens is 2. The first-order valence-electron chi connectivity index (χ1n) is 11.2. The fourth-order valence-corrected chi connectivity index (χ4v) is 3.38. The molecule has 0 radical (unpaired) electrons. The summed E-state index contributed by atoms with van der Waals surface area (Å²) in [5.74, 6) is 2.00. The maximum absolute atomic E-state index is 12.4. The number of carbonyl (C=O) groups is 2. The minimum atomic E-state index is -0.290. The minimum absolute atomic E-state index is 0.279. The number of aryl methyl sites for hydroxylation is 1. The molecule has 0 saturated heterocycles. The first kappa shape index (κ1) is 25.4. The highest BCUT2D eigenvalue weighted by Crippen LogP contribution is 2.27. The lowest BCUT2D eigenvalue weighted by atomic mass is 10.1. The van der Waals surface area contributed by atoms with Gasteiger partial charge in [0, 0.05) is 31.9 Å². The molecule has 9 nitrogen and oxygen atoms in total. The number of amidine groups is 1. The van der Waals surface area contributed by atoms with E-state index in [1.165, 1.54) is 4.90 Å². The summed E-state index contributed by atoms with van der Waals surface area (Å²) in [6.45, 7) is 2.57. The molecule has 0 spiro atoms. The molecule has 3 aromatic rings. The zero-order valence-electron chi connectivity index (χ0n) is 20.1. The van der Waals surface area contributed by atoms with Gasteiger partial charge in [0.05, 0.1) is 14.2 Å². The van der Waals surface area contributed by atoms with Crippen molar-refractivity contribution in [3.63, 3.8) is 0 Å². The third-order valence-corrected chi connectivity index (χ3v) is 5.30. The Morgan fingerprint density at radius 1 is 1.06 bits per heavy atom. The van der Waals surface area contributed by atoms with Crippen molar-refractivity contribution >= 4 is 24.0 Å². The predicted molar refractivity (Wildman–Crippen MR) is 133 cm³/mol. The number of carbonyl (C=O) groups excluding carboxylic acids is 2. The minimum Gasteiger partial charge on any atom is -0.493 e. The standard InChI is InChI=1S/C26H29N5O4/c1-19-7-6-14-28-25(19)30-24(11-15-29-26(33)21-8-4-5-13-27-21)31(18-32)16-12-20-9-10-22(34-2)23(17-20)35-3/h4-10,13-14,17-18H,11-12,15-16H2,1-3H3,(H,29,33)/b30-24-. The molecule has 2 aromatic heterocycles. The molecule has 0 saturated carbocycles. The van der Waals surface area contributed by atoms with Crippen LogP contribution >= 0.6 is 0 Å². The van der Waals surface area contributed by atoms with E-state index in [1.807, 2.05) is 37.3 Å². The van der Waals surface area contributed by atoms with Crippen molar-refractivity contribution < 1.29 is 19.1 Å². The second-order valence-electron chi connectivity index (χ2n) is 7.63. The number of hydrogen-bond acceptors (Lipinski definition) is 7. The Morgan fingerprint density at radius 3 is 2.54 bits per heavy atom. The summed E-state index contributed by atoms with van der Waals surface area (Å²) in [5.41, 5.74) is 2.19. The average molecular weight is 476 g/mol. The van der Waals surface area contributed by atoms with Crippen LogP contribution in [0.5, 0.6) is 11.5 Å². The molecule has 182 valence electrons. The van der Waals surface area contributed by atoms with Crippen molar-refractivity contribution in [2.24, 2.45) is 4.99 Å². The largest absolute Gasteiger partial charge is 0.493 e. The van der Waals surface area contributed by atoms with E-state index in [0.717, 1.165) is 17.5 Å². The molecule has 0 aliphatic rings.